The van der Waals surface area contributed by atoms with Crippen LogP contribution in [0, 0.1) is 10.1 Å². The number of fused-ring (bicyclic) bond motifs is 1. The molecule has 1 amide bonds. The van der Waals surface area contributed by atoms with Crippen LogP contribution in [0.2, 0.25) is 0 Å². The molecule has 2 aromatic carbocycles. The molecule has 0 aliphatic carbocycles. The summed E-state index contributed by atoms with van der Waals surface area (Å²) in [5.41, 5.74) is 0.778. The van der Waals surface area contributed by atoms with E-state index in [1.165, 1.54) is 11.0 Å². The summed E-state index contributed by atoms with van der Waals surface area (Å²) in [6.07, 6.45) is 0.628. The summed E-state index contributed by atoms with van der Waals surface area (Å²) in [6, 6.07) is 7.73. The van der Waals surface area contributed by atoms with Crippen LogP contribution < -0.4 is 4.74 Å². The monoisotopic (exact) mass is 495 g/mol. The number of nitro groups is 1. The number of phenolic OH excluding ortho intramolecular Hbond substituents is 1. The van der Waals surface area contributed by atoms with Crippen molar-refractivity contribution >= 4 is 23.1 Å². The highest BCUT2D eigenvalue weighted by atomic mass is 16.6. The number of rotatable bonds is 8. The molecule has 0 aromatic heterocycles. The van der Waals surface area contributed by atoms with Crippen LogP contribution in [-0.2, 0) is 16.0 Å². The lowest BCUT2D eigenvalue weighted by molar-refractivity contribution is -0.385. The number of likely N-dealkylation sites (N-methyl/N-ethyl adjacent to an activating group) is 1. The number of carbonyl (C=O) groups excluding carboxylic acids is 2. The third-order valence-corrected chi connectivity index (χ3v) is 6.77. The molecule has 10 nitrogen and oxygen atoms in total. The van der Waals surface area contributed by atoms with Gasteiger partial charge in [0.05, 0.1) is 16.5 Å². The van der Waals surface area contributed by atoms with Crippen molar-refractivity contribution in [1.82, 2.24) is 9.80 Å². The maximum atomic E-state index is 13.2. The molecule has 36 heavy (non-hydrogen) atoms. The highest BCUT2D eigenvalue weighted by molar-refractivity contribution is 6.46. The number of aliphatic hydroxyl groups is 1. The summed E-state index contributed by atoms with van der Waals surface area (Å²) in [5.74, 6) is -1.84. The zero-order chi connectivity index (χ0) is 26.1. The second-order valence-electron chi connectivity index (χ2n) is 8.98. The Balaban J connectivity index is 1.84. The average molecular weight is 496 g/mol. The lowest BCUT2D eigenvalue weighted by Gasteiger charge is -2.28. The lowest BCUT2D eigenvalue weighted by Crippen LogP contribution is -2.38. The Morgan fingerprint density at radius 3 is 2.58 bits per heavy atom. The molecule has 2 aliphatic heterocycles. The van der Waals surface area contributed by atoms with Crippen LogP contribution in [-0.4, -0.2) is 68.9 Å². The Kier molecular flexibility index (Phi) is 6.98. The number of amides is 1. The zero-order valence-corrected chi connectivity index (χ0v) is 20.4. The molecule has 2 aliphatic rings. The van der Waals surface area contributed by atoms with Crippen molar-refractivity contribution in [1.29, 1.82) is 0 Å². The van der Waals surface area contributed by atoms with E-state index in [1.807, 2.05) is 20.8 Å². The van der Waals surface area contributed by atoms with Crippen molar-refractivity contribution in [2.45, 2.75) is 39.3 Å². The number of ketones is 1. The molecule has 10 heteroatoms. The van der Waals surface area contributed by atoms with Gasteiger partial charge in [-0.1, -0.05) is 19.9 Å². The van der Waals surface area contributed by atoms with Gasteiger partial charge in [-0.3, -0.25) is 19.7 Å². The fourth-order valence-corrected chi connectivity index (χ4v) is 4.83. The number of carbonyl (C=O) groups is 2. The molecule has 0 radical (unpaired) electrons. The Bertz CT molecular complexity index is 1250. The first kappa shape index (κ1) is 25.2. The second kappa shape index (κ2) is 9.98. The minimum atomic E-state index is -1.05. The number of hydrogen-bond acceptors (Lipinski definition) is 8. The van der Waals surface area contributed by atoms with Crippen molar-refractivity contribution in [3.8, 4) is 11.5 Å². The SMILES string of the molecule is CCN(CC)CCN1C(=O)C(=O)/C(=C(/O)c2ccc3c(c2)CC(C)O3)C1c1ccc(O)c([N+](=O)[O-])c1. The van der Waals surface area contributed by atoms with Gasteiger partial charge in [-0.25, -0.2) is 0 Å². The molecule has 2 unspecified atom stereocenters. The molecular weight excluding hydrogens is 466 g/mol. The Morgan fingerprint density at radius 1 is 1.19 bits per heavy atom. The van der Waals surface area contributed by atoms with Gasteiger partial charge < -0.3 is 24.7 Å². The van der Waals surface area contributed by atoms with Gasteiger partial charge in [0.2, 0.25) is 0 Å². The predicted octanol–water partition coefficient (Wildman–Crippen LogP) is 3.39. The maximum absolute atomic E-state index is 13.2. The Labute approximate surface area is 208 Å². The number of Topliss-reactive ketones (excluding diaryl/α,β-unsaturated/α-hetero) is 1. The van der Waals surface area contributed by atoms with E-state index in [0.717, 1.165) is 30.8 Å². The molecule has 2 heterocycles. The van der Waals surface area contributed by atoms with Crippen molar-refractivity contribution in [3.05, 3.63) is 68.8 Å². The highest BCUT2D eigenvalue weighted by Crippen LogP contribution is 2.42. The smallest absolute Gasteiger partial charge is 0.311 e. The third kappa shape index (κ3) is 4.51. The average Bonchev–Trinajstić information content (AvgIpc) is 3.35. The number of benzene rings is 2. The van der Waals surface area contributed by atoms with Gasteiger partial charge in [-0.2, -0.15) is 0 Å². The maximum Gasteiger partial charge on any atom is 0.311 e. The van der Waals surface area contributed by atoms with Crippen LogP contribution in [0.15, 0.2) is 42.0 Å². The van der Waals surface area contributed by atoms with E-state index < -0.39 is 34.1 Å². The molecule has 2 aromatic rings. The summed E-state index contributed by atoms with van der Waals surface area (Å²) < 4.78 is 5.72. The summed E-state index contributed by atoms with van der Waals surface area (Å²) in [5, 5.41) is 32.7. The van der Waals surface area contributed by atoms with Gasteiger partial charge in [0.15, 0.2) is 5.75 Å². The molecule has 2 N–H and O–H groups in total. The van der Waals surface area contributed by atoms with E-state index in [1.54, 1.807) is 18.2 Å². The number of aromatic hydroxyl groups is 1. The quantitative estimate of drug-likeness (QED) is 0.187. The van der Waals surface area contributed by atoms with Crippen molar-refractivity contribution in [3.63, 3.8) is 0 Å². The predicted molar refractivity (Wildman–Crippen MR) is 132 cm³/mol. The van der Waals surface area contributed by atoms with E-state index in [9.17, 15) is 29.9 Å². The lowest BCUT2D eigenvalue weighted by atomic mass is 9.94. The number of ether oxygens (including phenoxy) is 1. The first-order valence-electron chi connectivity index (χ1n) is 11.9. The second-order valence-corrected chi connectivity index (χ2v) is 8.98. The van der Waals surface area contributed by atoms with Crippen molar-refractivity contribution in [2.75, 3.05) is 26.2 Å². The van der Waals surface area contributed by atoms with Gasteiger partial charge in [0, 0.05) is 31.1 Å². The van der Waals surface area contributed by atoms with Crippen LogP contribution in [0.25, 0.3) is 5.76 Å². The fourth-order valence-electron chi connectivity index (χ4n) is 4.83. The van der Waals surface area contributed by atoms with E-state index in [2.05, 4.69) is 4.90 Å². The molecular formula is C26H29N3O7. The summed E-state index contributed by atoms with van der Waals surface area (Å²) in [4.78, 5) is 40.6. The molecule has 0 saturated carbocycles. The Morgan fingerprint density at radius 2 is 1.92 bits per heavy atom. The van der Waals surface area contributed by atoms with Gasteiger partial charge >= 0.3 is 5.69 Å². The van der Waals surface area contributed by atoms with E-state index in [0.29, 0.717) is 24.3 Å². The third-order valence-electron chi connectivity index (χ3n) is 6.77. The summed E-state index contributed by atoms with van der Waals surface area (Å²) in [6.45, 7) is 8.03. The number of aliphatic hydroxyl groups excluding tert-OH is 1. The van der Waals surface area contributed by atoms with Crippen LogP contribution in [0.4, 0.5) is 5.69 Å². The topological polar surface area (TPSA) is 133 Å². The zero-order valence-electron chi connectivity index (χ0n) is 20.4. The first-order chi connectivity index (χ1) is 17.2. The molecule has 0 bridgehead atoms. The van der Waals surface area contributed by atoms with Crippen molar-refractivity contribution < 1.29 is 29.5 Å². The molecule has 1 fully saturated rings. The van der Waals surface area contributed by atoms with Crippen LogP contribution in [0.3, 0.4) is 0 Å². The number of nitro benzene ring substituents is 1. The minimum Gasteiger partial charge on any atom is -0.507 e. The minimum absolute atomic E-state index is 0.0133. The highest BCUT2D eigenvalue weighted by Gasteiger charge is 2.46. The molecule has 190 valence electrons. The van der Waals surface area contributed by atoms with Crippen LogP contribution in [0.5, 0.6) is 11.5 Å². The van der Waals surface area contributed by atoms with Gasteiger partial charge in [0.1, 0.15) is 17.6 Å². The van der Waals surface area contributed by atoms with Crippen LogP contribution in [0.1, 0.15) is 43.5 Å². The van der Waals surface area contributed by atoms with Crippen molar-refractivity contribution in [2.24, 2.45) is 0 Å². The van der Waals surface area contributed by atoms with E-state index in [4.69, 9.17) is 4.74 Å². The molecule has 1 saturated heterocycles. The normalized spacial score (nSPS) is 20.6. The number of phenols is 1. The number of nitrogens with zero attached hydrogens (tertiary/aromatic N) is 3. The standard InChI is InChI=1S/C26H29N3O7/c1-4-27(5-2)10-11-28-23(16-6-8-20(30)19(14-16)29(34)35)22(25(32)26(28)33)24(31)17-7-9-21-18(13-17)12-15(3)36-21/h6-9,13-15,23,30-31H,4-5,10-12H2,1-3H3/b24-22+. The van der Waals surface area contributed by atoms with E-state index >= 15 is 0 Å². The first-order valence-corrected chi connectivity index (χ1v) is 11.9. The van der Waals surface area contributed by atoms with E-state index in [-0.39, 0.29) is 29.5 Å². The fraction of sp³-hybridized carbons (Fsp3) is 0.385. The van der Waals surface area contributed by atoms with Gasteiger partial charge in [-0.05, 0) is 55.4 Å². The molecule has 4 rings (SSSR count). The Hall–Kier alpha value is -3.92. The largest absolute Gasteiger partial charge is 0.507 e. The van der Waals surface area contributed by atoms with Crippen LogP contribution >= 0.6 is 0 Å². The summed E-state index contributed by atoms with van der Waals surface area (Å²) in [7, 11) is 0. The molecule has 0 spiro atoms. The summed E-state index contributed by atoms with van der Waals surface area (Å²) >= 11 is 0. The number of hydrogen-bond donors (Lipinski definition) is 2. The van der Waals surface area contributed by atoms with Gasteiger partial charge in [-0.15, -0.1) is 0 Å². The van der Waals surface area contributed by atoms with Gasteiger partial charge in [0.25, 0.3) is 11.7 Å². The number of likely N-dealkylation sites (tertiary alicyclic amines) is 1. The molecule has 2 atom stereocenters.